The van der Waals surface area contributed by atoms with Crippen LogP contribution in [-0.4, -0.2) is 98.9 Å². The number of rotatable bonds is 7. The first-order chi connectivity index (χ1) is 10.9. The zero-order valence-corrected chi connectivity index (χ0v) is 15.4. The van der Waals surface area contributed by atoms with Gasteiger partial charge in [-0.15, -0.1) is 0 Å². The lowest BCUT2D eigenvalue weighted by Gasteiger charge is -2.18. The van der Waals surface area contributed by atoms with Crippen LogP contribution < -0.4 is 0 Å². The second-order valence-electron chi connectivity index (χ2n) is 6.93. The lowest BCUT2D eigenvalue weighted by Crippen LogP contribution is -2.32. The molecule has 2 rings (SSSR count). The molecular weight excluding hydrogens is 292 g/mol. The van der Waals surface area contributed by atoms with E-state index in [0.717, 1.165) is 71.4 Å². The molecule has 23 heavy (non-hydrogen) atoms. The summed E-state index contributed by atoms with van der Waals surface area (Å²) in [4.78, 5) is 30.4. The third kappa shape index (κ3) is 8.32. The van der Waals surface area contributed by atoms with Gasteiger partial charge in [0.2, 0.25) is 11.8 Å². The predicted octanol–water partition coefficient (Wildman–Crippen LogP) is 0.731. The van der Waals surface area contributed by atoms with E-state index in [9.17, 15) is 9.59 Å². The van der Waals surface area contributed by atoms with Gasteiger partial charge >= 0.3 is 0 Å². The van der Waals surface area contributed by atoms with Crippen molar-refractivity contribution < 1.29 is 9.59 Å². The van der Waals surface area contributed by atoms with E-state index in [2.05, 4.69) is 23.9 Å². The minimum atomic E-state index is 0.326. The van der Waals surface area contributed by atoms with Gasteiger partial charge in [-0.25, -0.2) is 0 Å². The Labute approximate surface area is 141 Å². The third-order valence-electron chi connectivity index (χ3n) is 4.19. The van der Waals surface area contributed by atoms with Gasteiger partial charge in [-0.3, -0.25) is 9.59 Å². The number of nitrogens with zero attached hydrogens (tertiary/aromatic N) is 4. The zero-order chi connectivity index (χ0) is 17.2. The molecule has 0 N–H and O–H groups in total. The molecule has 2 aliphatic rings. The normalized spacial score (nSPS) is 18.2. The van der Waals surface area contributed by atoms with Crippen LogP contribution in [0.1, 0.15) is 32.1 Å². The molecule has 0 aromatic rings. The maximum atomic E-state index is 11.2. The molecule has 2 aliphatic heterocycles. The number of likely N-dealkylation sites (N-methyl/N-ethyl adjacent to an activating group) is 1. The van der Waals surface area contributed by atoms with E-state index in [1.807, 2.05) is 23.9 Å². The zero-order valence-electron chi connectivity index (χ0n) is 15.4. The Kier molecular flexibility index (Phi) is 9.17. The van der Waals surface area contributed by atoms with Crippen LogP contribution in [-0.2, 0) is 9.59 Å². The Hall–Kier alpha value is -1.14. The van der Waals surface area contributed by atoms with E-state index in [-0.39, 0.29) is 0 Å². The van der Waals surface area contributed by atoms with Crippen molar-refractivity contribution in [1.82, 2.24) is 19.6 Å². The molecule has 6 nitrogen and oxygen atoms in total. The summed E-state index contributed by atoms with van der Waals surface area (Å²) in [5, 5.41) is 0. The van der Waals surface area contributed by atoms with Gasteiger partial charge in [0.25, 0.3) is 0 Å². The van der Waals surface area contributed by atoms with Crippen LogP contribution >= 0.6 is 0 Å². The Morgan fingerprint density at radius 3 is 1.65 bits per heavy atom. The largest absolute Gasteiger partial charge is 0.343 e. The van der Waals surface area contributed by atoms with Gasteiger partial charge in [0.05, 0.1) is 0 Å². The number of hydrogen-bond donors (Lipinski definition) is 0. The average Bonchev–Trinajstić information content (AvgIpc) is 3.06. The fraction of sp³-hybridized carbons (Fsp3) is 0.882. The van der Waals surface area contributed by atoms with Crippen LogP contribution in [0.2, 0.25) is 0 Å². The van der Waals surface area contributed by atoms with Crippen molar-refractivity contribution in [1.29, 1.82) is 0 Å². The fourth-order valence-electron chi connectivity index (χ4n) is 2.78. The summed E-state index contributed by atoms with van der Waals surface area (Å²) >= 11 is 0. The van der Waals surface area contributed by atoms with Crippen molar-refractivity contribution >= 4 is 11.8 Å². The Morgan fingerprint density at radius 2 is 1.26 bits per heavy atom. The minimum absolute atomic E-state index is 0.326. The third-order valence-corrected chi connectivity index (χ3v) is 4.19. The van der Waals surface area contributed by atoms with Crippen molar-refractivity contribution in [3.05, 3.63) is 0 Å². The molecule has 2 amide bonds. The van der Waals surface area contributed by atoms with E-state index < -0.39 is 0 Å². The molecule has 2 saturated heterocycles. The molecule has 2 heterocycles. The smallest absolute Gasteiger partial charge is 0.222 e. The van der Waals surface area contributed by atoms with E-state index in [4.69, 9.17) is 0 Å². The number of likely N-dealkylation sites (tertiary alicyclic amines) is 2. The fourth-order valence-corrected chi connectivity index (χ4v) is 2.78. The molecule has 0 aliphatic carbocycles. The summed E-state index contributed by atoms with van der Waals surface area (Å²) in [6.45, 7) is 5.83. The minimum Gasteiger partial charge on any atom is -0.343 e. The monoisotopic (exact) mass is 326 g/mol. The van der Waals surface area contributed by atoms with Gasteiger partial charge in [-0.2, -0.15) is 0 Å². The molecule has 6 heteroatoms. The molecule has 0 unspecified atom stereocenters. The van der Waals surface area contributed by atoms with Crippen LogP contribution in [0.3, 0.4) is 0 Å². The molecule has 0 spiro atoms. The number of hydrogen-bond acceptors (Lipinski definition) is 4. The van der Waals surface area contributed by atoms with Gasteiger partial charge in [0.15, 0.2) is 0 Å². The molecule has 0 radical (unpaired) electrons. The van der Waals surface area contributed by atoms with Gasteiger partial charge in [0.1, 0.15) is 0 Å². The van der Waals surface area contributed by atoms with Gasteiger partial charge < -0.3 is 19.6 Å². The summed E-state index contributed by atoms with van der Waals surface area (Å²) in [7, 11) is 8.18. The number of carbonyl (C=O) groups excluding carboxylic acids is 2. The maximum absolute atomic E-state index is 11.2. The standard InChI is InChI=1S/C9H18N2O.C8H16N2O/c1-10(2)6-4-8-11-7-3-5-9(11)12;1-9(2)6-7-10-5-3-4-8(10)11/h3-8H2,1-2H3;3-7H2,1-2H3. The Balaban J connectivity index is 0.000000231. The Bertz CT molecular complexity index is 372. The van der Waals surface area contributed by atoms with E-state index in [1.165, 1.54) is 0 Å². The highest BCUT2D eigenvalue weighted by atomic mass is 16.2. The van der Waals surface area contributed by atoms with E-state index in [1.54, 1.807) is 0 Å². The number of amides is 2. The van der Waals surface area contributed by atoms with Crippen molar-refractivity contribution in [3.63, 3.8) is 0 Å². The van der Waals surface area contributed by atoms with Crippen molar-refractivity contribution in [3.8, 4) is 0 Å². The topological polar surface area (TPSA) is 47.1 Å². The molecule has 134 valence electrons. The first-order valence-electron chi connectivity index (χ1n) is 8.75. The molecule has 0 aromatic heterocycles. The van der Waals surface area contributed by atoms with Crippen LogP contribution in [0.25, 0.3) is 0 Å². The summed E-state index contributed by atoms with van der Waals surface area (Å²) in [5.74, 6) is 0.667. The van der Waals surface area contributed by atoms with E-state index >= 15 is 0 Å². The van der Waals surface area contributed by atoms with Crippen LogP contribution in [0.4, 0.5) is 0 Å². The molecule has 0 bridgehead atoms. The second-order valence-corrected chi connectivity index (χ2v) is 6.93. The first-order valence-corrected chi connectivity index (χ1v) is 8.75. The van der Waals surface area contributed by atoms with Crippen LogP contribution in [0, 0.1) is 0 Å². The molecule has 0 aromatic carbocycles. The molecular formula is C17H34N4O2. The van der Waals surface area contributed by atoms with E-state index in [0.29, 0.717) is 11.8 Å². The highest BCUT2D eigenvalue weighted by Crippen LogP contribution is 2.09. The molecule has 0 atom stereocenters. The summed E-state index contributed by atoms with van der Waals surface area (Å²) in [6.07, 6.45) is 4.72. The summed E-state index contributed by atoms with van der Waals surface area (Å²) < 4.78 is 0. The van der Waals surface area contributed by atoms with Gasteiger partial charge in [-0.1, -0.05) is 0 Å². The van der Waals surface area contributed by atoms with Crippen LogP contribution in [0.15, 0.2) is 0 Å². The predicted molar refractivity (Wildman–Crippen MR) is 93.4 cm³/mol. The summed E-state index contributed by atoms with van der Waals surface area (Å²) in [5.41, 5.74) is 0. The van der Waals surface area contributed by atoms with Gasteiger partial charge in [-0.05, 0) is 54.0 Å². The lowest BCUT2D eigenvalue weighted by atomic mass is 10.4. The summed E-state index contributed by atoms with van der Waals surface area (Å²) in [6, 6.07) is 0. The average molecular weight is 326 g/mol. The lowest BCUT2D eigenvalue weighted by molar-refractivity contribution is -0.128. The highest BCUT2D eigenvalue weighted by molar-refractivity contribution is 5.78. The maximum Gasteiger partial charge on any atom is 0.222 e. The molecule has 0 saturated carbocycles. The first kappa shape index (κ1) is 19.9. The Morgan fingerprint density at radius 1 is 0.783 bits per heavy atom. The highest BCUT2D eigenvalue weighted by Gasteiger charge is 2.19. The van der Waals surface area contributed by atoms with Gasteiger partial charge in [0, 0.05) is 45.6 Å². The molecule has 2 fully saturated rings. The van der Waals surface area contributed by atoms with Crippen molar-refractivity contribution in [2.45, 2.75) is 32.1 Å². The second kappa shape index (κ2) is 10.6. The van der Waals surface area contributed by atoms with Crippen LogP contribution in [0.5, 0.6) is 0 Å². The van der Waals surface area contributed by atoms with Crippen molar-refractivity contribution in [2.24, 2.45) is 0 Å². The number of carbonyl (C=O) groups is 2. The quantitative estimate of drug-likeness (QED) is 0.692. The SMILES string of the molecule is CN(C)CCCN1CCCC1=O.CN(C)CCN1CCCC1=O. The van der Waals surface area contributed by atoms with Crippen molar-refractivity contribution in [2.75, 3.05) is 67.5 Å².